The van der Waals surface area contributed by atoms with Gasteiger partial charge in [0, 0.05) is 24.2 Å². The zero-order valence-corrected chi connectivity index (χ0v) is 10.1. The van der Waals surface area contributed by atoms with E-state index in [9.17, 15) is 9.18 Å². The SMILES string of the molecule is O=C(NCCNC1CC1)c1ccc(Cl)cc1F. The summed E-state index contributed by atoms with van der Waals surface area (Å²) in [6.07, 6.45) is 2.42. The summed E-state index contributed by atoms with van der Waals surface area (Å²) < 4.78 is 13.4. The predicted octanol–water partition coefficient (Wildman–Crippen LogP) is 1.96. The minimum atomic E-state index is -0.592. The van der Waals surface area contributed by atoms with Gasteiger partial charge in [0.1, 0.15) is 5.82 Å². The van der Waals surface area contributed by atoms with E-state index in [0.717, 1.165) is 6.07 Å². The summed E-state index contributed by atoms with van der Waals surface area (Å²) in [6, 6.07) is 4.64. The Morgan fingerprint density at radius 3 is 2.82 bits per heavy atom. The van der Waals surface area contributed by atoms with Gasteiger partial charge in [-0.2, -0.15) is 0 Å². The van der Waals surface area contributed by atoms with E-state index in [-0.39, 0.29) is 10.6 Å². The van der Waals surface area contributed by atoms with E-state index in [1.54, 1.807) is 0 Å². The van der Waals surface area contributed by atoms with E-state index in [1.807, 2.05) is 0 Å². The molecule has 17 heavy (non-hydrogen) atoms. The van der Waals surface area contributed by atoms with Crippen LogP contribution in [0, 0.1) is 5.82 Å². The Kier molecular flexibility index (Phi) is 3.97. The van der Waals surface area contributed by atoms with Crippen LogP contribution in [0.5, 0.6) is 0 Å². The highest BCUT2D eigenvalue weighted by molar-refractivity contribution is 6.30. The van der Waals surface area contributed by atoms with Crippen LogP contribution in [-0.2, 0) is 0 Å². The Morgan fingerprint density at radius 1 is 1.41 bits per heavy atom. The topological polar surface area (TPSA) is 41.1 Å². The van der Waals surface area contributed by atoms with Crippen molar-refractivity contribution in [2.45, 2.75) is 18.9 Å². The van der Waals surface area contributed by atoms with Crippen LogP contribution in [0.1, 0.15) is 23.2 Å². The Morgan fingerprint density at radius 2 is 2.18 bits per heavy atom. The molecule has 1 aromatic rings. The molecule has 0 bridgehead atoms. The maximum absolute atomic E-state index is 13.4. The average Bonchev–Trinajstić information content (AvgIpc) is 3.08. The van der Waals surface area contributed by atoms with Gasteiger partial charge in [-0.25, -0.2) is 4.39 Å². The molecule has 0 heterocycles. The van der Waals surface area contributed by atoms with E-state index in [0.29, 0.717) is 19.1 Å². The molecule has 3 nitrogen and oxygen atoms in total. The lowest BCUT2D eigenvalue weighted by atomic mass is 10.2. The smallest absolute Gasteiger partial charge is 0.254 e. The molecule has 1 aromatic carbocycles. The van der Waals surface area contributed by atoms with Crippen molar-refractivity contribution in [3.05, 3.63) is 34.6 Å². The third-order valence-electron chi connectivity index (χ3n) is 2.60. The van der Waals surface area contributed by atoms with Gasteiger partial charge in [0.05, 0.1) is 5.56 Å². The second-order valence-electron chi connectivity index (χ2n) is 4.11. The Balaban J connectivity index is 1.81. The van der Waals surface area contributed by atoms with Gasteiger partial charge in [0.15, 0.2) is 0 Å². The van der Waals surface area contributed by atoms with Crippen molar-refractivity contribution in [1.29, 1.82) is 0 Å². The molecular formula is C12H14ClFN2O. The van der Waals surface area contributed by atoms with Gasteiger partial charge >= 0.3 is 0 Å². The molecule has 1 aliphatic carbocycles. The van der Waals surface area contributed by atoms with Gasteiger partial charge in [-0.3, -0.25) is 4.79 Å². The van der Waals surface area contributed by atoms with Crippen molar-refractivity contribution in [2.24, 2.45) is 0 Å². The third-order valence-corrected chi connectivity index (χ3v) is 2.83. The first-order valence-electron chi connectivity index (χ1n) is 5.63. The lowest BCUT2D eigenvalue weighted by Gasteiger charge is -2.07. The van der Waals surface area contributed by atoms with Crippen LogP contribution in [0.4, 0.5) is 4.39 Å². The van der Waals surface area contributed by atoms with Crippen molar-refractivity contribution in [3.63, 3.8) is 0 Å². The lowest BCUT2D eigenvalue weighted by Crippen LogP contribution is -2.33. The minimum Gasteiger partial charge on any atom is -0.351 e. The fourth-order valence-corrected chi connectivity index (χ4v) is 1.67. The van der Waals surface area contributed by atoms with E-state index < -0.39 is 11.7 Å². The Hall–Kier alpha value is -1.13. The number of hydrogen-bond acceptors (Lipinski definition) is 2. The molecule has 1 amide bonds. The van der Waals surface area contributed by atoms with Crippen molar-refractivity contribution < 1.29 is 9.18 Å². The first kappa shape index (κ1) is 12.3. The molecule has 0 atom stereocenters. The molecule has 1 fully saturated rings. The average molecular weight is 257 g/mol. The van der Waals surface area contributed by atoms with Crippen molar-refractivity contribution in [3.8, 4) is 0 Å². The largest absolute Gasteiger partial charge is 0.351 e. The minimum absolute atomic E-state index is 0.0285. The van der Waals surface area contributed by atoms with E-state index in [1.165, 1.54) is 25.0 Å². The van der Waals surface area contributed by atoms with Crippen LogP contribution < -0.4 is 10.6 Å². The summed E-state index contributed by atoms with van der Waals surface area (Å²) in [6.45, 7) is 1.21. The summed E-state index contributed by atoms with van der Waals surface area (Å²) in [5, 5.41) is 6.20. The summed E-state index contributed by atoms with van der Waals surface area (Å²) >= 11 is 5.61. The molecule has 1 saturated carbocycles. The van der Waals surface area contributed by atoms with Crippen molar-refractivity contribution >= 4 is 17.5 Å². The number of carbonyl (C=O) groups is 1. The van der Waals surface area contributed by atoms with Crippen LogP contribution in [-0.4, -0.2) is 25.0 Å². The molecule has 0 aromatic heterocycles. The summed E-state index contributed by atoms with van der Waals surface area (Å²) in [7, 11) is 0. The summed E-state index contributed by atoms with van der Waals surface area (Å²) in [5.74, 6) is -0.998. The van der Waals surface area contributed by atoms with Gasteiger partial charge in [-0.05, 0) is 31.0 Å². The summed E-state index contributed by atoms with van der Waals surface area (Å²) in [4.78, 5) is 11.6. The predicted molar refractivity (Wildman–Crippen MR) is 64.8 cm³/mol. The van der Waals surface area contributed by atoms with Gasteiger partial charge in [-0.15, -0.1) is 0 Å². The Labute approximate surface area is 104 Å². The number of nitrogens with one attached hydrogen (secondary N) is 2. The molecule has 0 radical (unpaired) electrons. The van der Waals surface area contributed by atoms with Gasteiger partial charge in [-0.1, -0.05) is 11.6 Å². The fourth-order valence-electron chi connectivity index (χ4n) is 1.51. The van der Waals surface area contributed by atoms with E-state index in [4.69, 9.17) is 11.6 Å². The normalized spacial score (nSPS) is 14.7. The lowest BCUT2D eigenvalue weighted by molar-refractivity contribution is 0.0950. The second kappa shape index (κ2) is 5.47. The number of rotatable bonds is 5. The third kappa shape index (κ3) is 3.68. The van der Waals surface area contributed by atoms with Gasteiger partial charge in [0.25, 0.3) is 5.91 Å². The fraction of sp³-hybridized carbons (Fsp3) is 0.417. The number of hydrogen-bond donors (Lipinski definition) is 2. The number of carbonyl (C=O) groups excluding carboxylic acids is 1. The maximum atomic E-state index is 13.4. The zero-order valence-electron chi connectivity index (χ0n) is 9.30. The highest BCUT2D eigenvalue weighted by Gasteiger charge is 2.19. The molecule has 0 saturated heterocycles. The van der Waals surface area contributed by atoms with E-state index in [2.05, 4.69) is 10.6 Å². The molecule has 92 valence electrons. The first-order valence-corrected chi connectivity index (χ1v) is 6.01. The number of benzene rings is 1. The quantitative estimate of drug-likeness (QED) is 0.791. The van der Waals surface area contributed by atoms with Gasteiger partial charge in [0.2, 0.25) is 0 Å². The highest BCUT2D eigenvalue weighted by Crippen LogP contribution is 2.18. The summed E-state index contributed by atoms with van der Waals surface area (Å²) in [5.41, 5.74) is 0.0285. The molecule has 0 spiro atoms. The monoisotopic (exact) mass is 256 g/mol. The van der Waals surface area contributed by atoms with Crippen LogP contribution in [0.25, 0.3) is 0 Å². The molecule has 0 aliphatic heterocycles. The Bertz CT molecular complexity index is 421. The van der Waals surface area contributed by atoms with Crippen LogP contribution in [0.2, 0.25) is 5.02 Å². The number of amides is 1. The molecular weight excluding hydrogens is 243 g/mol. The van der Waals surface area contributed by atoms with Gasteiger partial charge < -0.3 is 10.6 Å². The van der Waals surface area contributed by atoms with Crippen LogP contribution in [0.15, 0.2) is 18.2 Å². The van der Waals surface area contributed by atoms with Crippen LogP contribution >= 0.6 is 11.6 Å². The van der Waals surface area contributed by atoms with E-state index >= 15 is 0 Å². The first-order chi connectivity index (χ1) is 8.16. The molecule has 5 heteroatoms. The zero-order chi connectivity index (χ0) is 12.3. The molecule has 2 rings (SSSR count). The van der Waals surface area contributed by atoms with Crippen molar-refractivity contribution in [2.75, 3.05) is 13.1 Å². The molecule has 2 N–H and O–H groups in total. The van der Waals surface area contributed by atoms with Crippen LogP contribution in [0.3, 0.4) is 0 Å². The number of halogens is 2. The van der Waals surface area contributed by atoms with Crippen molar-refractivity contribution in [1.82, 2.24) is 10.6 Å². The molecule has 1 aliphatic rings. The molecule has 0 unspecified atom stereocenters. The standard InChI is InChI=1S/C12H14ClFN2O/c13-8-1-4-10(11(14)7-8)12(17)16-6-5-15-9-2-3-9/h1,4,7,9,15H,2-3,5-6H2,(H,16,17). The highest BCUT2D eigenvalue weighted by atomic mass is 35.5. The second-order valence-corrected chi connectivity index (χ2v) is 4.54. The maximum Gasteiger partial charge on any atom is 0.254 e.